The fourth-order valence-corrected chi connectivity index (χ4v) is 1.90. The van der Waals surface area contributed by atoms with Gasteiger partial charge in [0.15, 0.2) is 0 Å². The molecule has 18 heavy (non-hydrogen) atoms. The molecule has 2 aromatic heterocycles. The van der Waals surface area contributed by atoms with Gasteiger partial charge in [0.2, 0.25) is 11.8 Å². The Bertz CT molecular complexity index is 540. The van der Waals surface area contributed by atoms with Crippen molar-refractivity contribution in [3.05, 3.63) is 29.5 Å². The van der Waals surface area contributed by atoms with Crippen molar-refractivity contribution in [2.24, 2.45) is 0 Å². The van der Waals surface area contributed by atoms with Crippen LogP contribution in [0.5, 0.6) is 5.88 Å². The lowest BCUT2D eigenvalue weighted by molar-refractivity contribution is 0.277. The van der Waals surface area contributed by atoms with E-state index in [0.717, 1.165) is 11.3 Å². The summed E-state index contributed by atoms with van der Waals surface area (Å²) in [6, 6.07) is 0. The highest BCUT2D eigenvalue weighted by Gasteiger charge is 2.15. The summed E-state index contributed by atoms with van der Waals surface area (Å²) in [6.07, 6.45) is 3.14. The fraction of sp³-hybridized carbons (Fsp3) is 0.417. The van der Waals surface area contributed by atoms with Crippen molar-refractivity contribution in [1.29, 1.82) is 0 Å². The number of hydrogen-bond donors (Lipinski definition) is 2. The average Bonchev–Trinajstić information content (AvgIpc) is 2.75. The van der Waals surface area contributed by atoms with Crippen LogP contribution in [0.25, 0.3) is 5.95 Å². The Morgan fingerprint density at radius 2 is 2.06 bits per heavy atom. The van der Waals surface area contributed by atoms with Gasteiger partial charge in [0.1, 0.15) is 6.33 Å². The van der Waals surface area contributed by atoms with Crippen molar-refractivity contribution in [3.63, 3.8) is 0 Å². The van der Waals surface area contributed by atoms with Gasteiger partial charge in [0.25, 0.3) is 0 Å². The molecule has 0 aromatic carbocycles. The summed E-state index contributed by atoms with van der Waals surface area (Å²) in [5, 5.41) is 18.9. The van der Waals surface area contributed by atoms with E-state index in [1.807, 2.05) is 20.8 Å². The first-order valence-electron chi connectivity index (χ1n) is 5.74. The summed E-state index contributed by atoms with van der Waals surface area (Å²) in [7, 11) is 0. The maximum Gasteiger partial charge on any atom is 0.238 e. The molecular weight excluding hydrogens is 232 g/mol. The number of aromatic nitrogens is 4. The highest BCUT2D eigenvalue weighted by Crippen LogP contribution is 2.26. The van der Waals surface area contributed by atoms with Gasteiger partial charge in [-0.2, -0.15) is 4.98 Å². The fourth-order valence-electron chi connectivity index (χ4n) is 1.90. The first kappa shape index (κ1) is 12.5. The molecule has 0 spiro atoms. The Hall–Kier alpha value is -1.95. The summed E-state index contributed by atoms with van der Waals surface area (Å²) in [5.74, 6) is 0.503. The molecule has 0 aliphatic carbocycles. The van der Waals surface area contributed by atoms with Gasteiger partial charge < -0.3 is 10.2 Å². The van der Waals surface area contributed by atoms with Crippen molar-refractivity contribution >= 4 is 0 Å². The van der Waals surface area contributed by atoms with Gasteiger partial charge in [-0.15, -0.1) is 0 Å². The predicted molar refractivity (Wildman–Crippen MR) is 65.6 cm³/mol. The number of aryl methyl sites for hydroxylation is 1. The molecule has 0 atom stereocenters. The van der Waals surface area contributed by atoms with Crippen LogP contribution in [-0.4, -0.2) is 29.7 Å². The molecule has 6 nitrogen and oxygen atoms in total. The second kappa shape index (κ2) is 4.73. The third kappa shape index (κ3) is 2.19. The zero-order valence-electron chi connectivity index (χ0n) is 10.6. The van der Waals surface area contributed by atoms with E-state index in [1.165, 1.54) is 6.33 Å². The summed E-state index contributed by atoms with van der Waals surface area (Å²) in [5.41, 5.74) is 2.02. The molecule has 0 aliphatic heterocycles. The van der Waals surface area contributed by atoms with E-state index >= 15 is 0 Å². The molecule has 2 aromatic rings. The molecule has 0 amide bonds. The van der Waals surface area contributed by atoms with Crippen LogP contribution in [0.1, 0.15) is 36.7 Å². The van der Waals surface area contributed by atoms with Crippen LogP contribution in [-0.2, 0) is 6.61 Å². The zero-order valence-corrected chi connectivity index (χ0v) is 10.6. The normalized spacial score (nSPS) is 11.2. The van der Waals surface area contributed by atoms with Gasteiger partial charge in [-0.25, -0.2) is 9.97 Å². The van der Waals surface area contributed by atoms with Crippen LogP contribution in [0.3, 0.4) is 0 Å². The number of aromatic hydroxyl groups is 1. The Morgan fingerprint density at radius 3 is 2.56 bits per heavy atom. The molecular formula is C12H16N4O2. The van der Waals surface area contributed by atoms with E-state index in [2.05, 4.69) is 15.0 Å². The van der Waals surface area contributed by atoms with Crippen molar-refractivity contribution in [2.75, 3.05) is 0 Å². The number of aliphatic hydroxyl groups is 1. The number of imidazole rings is 1. The highest BCUT2D eigenvalue weighted by molar-refractivity contribution is 5.35. The number of aliphatic hydroxyl groups excluding tert-OH is 1. The van der Waals surface area contributed by atoms with Crippen molar-refractivity contribution < 1.29 is 10.2 Å². The van der Waals surface area contributed by atoms with Gasteiger partial charge in [0.05, 0.1) is 18.0 Å². The molecule has 0 aliphatic rings. The van der Waals surface area contributed by atoms with E-state index in [-0.39, 0.29) is 18.4 Å². The van der Waals surface area contributed by atoms with Crippen LogP contribution in [0.4, 0.5) is 0 Å². The van der Waals surface area contributed by atoms with E-state index in [9.17, 15) is 5.11 Å². The third-order valence-electron chi connectivity index (χ3n) is 2.71. The van der Waals surface area contributed by atoms with E-state index in [0.29, 0.717) is 11.6 Å². The Kier molecular flexibility index (Phi) is 3.29. The molecule has 0 saturated heterocycles. The first-order chi connectivity index (χ1) is 8.52. The number of nitrogens with zero attached hydrogens (tertiary/aromatic N) is 4. The standard InChI is InChI=1S/C12H16N4O2/c1-7(2)10-8(3)14-12(15-11(10)18)16-4-9(5-17)13-6-16/h4,6-7,17H,5H2,1-3H3,(H,14,15,18). The van der Waals surface area contributed by atoms with Crippen LogP contribution in [0.2, 0.25) is 0 Å². The average molecular weight is 248 g/mol. The molecule has 2 N–H and O–H groups in total. The largest absolute Gasteiger partial charge is 0.493 e. The number of hydrogen-bond acceptors (Lipinski definition) is 5. The Morgan fingerprint density at radius 1 is 1.33 bits per heavy atom. The lowest BCUT2D eigenvalue weighted by atomic mass is 10.0. The van der Waals surface area contributed by atoms with Crippen molar-refractivity contribution in [2.45, 2.75) is 33.3 Å². The minimum absolute atomic E-state index is 0.00764. The smallest absolute Gasteiger partial charge is 0.238 e. The van der Waals surface area contributed by atoms with Gasteiger partial charge in [0, 0.05) is 11.8 Å². The number of rotatable bonds is 3. The van der Waals surface area contributed by atoms with Crippen LogP contribution >= 0.6 is 0 Å². The molecule has 96 valence electrons. The third-order valence-corrected chi connectivity index (χ3v) is 2.71. The maximum absolute atomic E-state index is 9.93. The Balaban J connectivity index is 2.47. The molecule has 0 saturated carbocycles. The molecule has 0 unspecified atom stereocenters. The highest BCUT2D eigenvalue weighted by atomic mass is 16.3. The SMILES string of the molecule is Cc1nc(-n2cnc(CO)c2)nc(O)c1C(C)C. The second-order valence-electron chi connectivity index (χ2n) is 4.43. The lowest BCUT2D eigenvalue weighted by Gasteiger charge is -2.11. The predicted octanol–water partition coefficient (Wildman–Crippen LogP) is 1.29. The monoisotopic (exact) mass is 248 g/mol. The van der Waals surface area contributed by atoms with Gasteiger partial charge in [-0.1, -0.05) is 13.8 Å². The van der Waals surface area contributed by atoms with Crippen LogP contribution in [0, 0.1) is 6.92 Å². The summed E-state index contributed by atoms with van der Waals surface area (Å²) >= 11 is 0. The van der Waals surface area contributed by atoms with E-state index < -0.39 is 0 Å². The summed E-state index contributed by atoms with van der Waals surface area (Å²) in [6.45, 7) is 5.66. The van der Waals surface area contributed by atoms with Gasteiger partial charge in [-0.3, -0.25) is 4.57 Å². The minimum Gasteiger partial charge on any atom is -0.493 e. The summed E-state index contributed by atoms with van der Waals surface area (Å²) in [4.78, 5) is 12.4. The topological polar surface area (TPSA) is 84.1 Å². The molecule has 6 heteroatoms. The maximum atomic E-state index is 9.93. The van der Waals surface area contributed by atoms with Gasteiger partial charge in [-0.05, 0) is 12.8 Å². The van der Waals surface area contributed by atoms with Gasteiger partial charge >= 0.3 is 0 Å². The van der Waals surface area contributed by atoms with Crippen LogP contribution < -0.4 is 0 Å². The second-order valence-corrected chi connectivity index (χ2v) is 4.43. The van der Waals surface area contributed by atoms with E-state index in [1.54, 1.807) is 10.8 Å². The van der Waals surface area contributed by atoms with Crippen molar-refractivity contribution in [1.82, 2.24) is 19.5 Å². The lowest BCUT2D eigenvalue weighted by Crippen LogP contribution is -2.05. The Labute approximate surface area is 105 Å². The quantitative estimate of drug-likeness (QED) is 0.855. The minimum atomic E-state index is -0.137. The zero-order chi connectivity index (χ0) is 13.3. The van der Waals surface area contributed by atoms with E-state index in [4.69, 9.17) is 5.11 Å². The molecule has 2 heterocycles. The van der Waals surface area contributed by atoms with Crippen LogP contribution in [0.15, 0.2) is 12.5 Å². The molecule has 2 rings (SSSR count). The molecule has 0 bridgehead atoms. The summed E-state index contributed by atoms with van der Waals surface area (Å²) < 4.78 is 1.57. The van der Waals surface area contributed by atoms with Crippen molar-refractivity contribution in [3.8, 4) is 11.8 Å². The molecule has 0 radical (unpaired) electrons. The molecule has 0 fully saturated rings. The first-order valence-corrected chi connectivity index (χ1v) is 5.74.